The van der Waals surface area contributed by atoms with Crippen LogP contribution in [0.4, 0.5) is 5.69 Å². The molecule has 0 bridgehead atoms. The molecule has 0 saturated heterocycles. The van der Waals surface area contributed by atoms with Crippen LogP contribution >= 0.6 is 0 Å². The molecule has 0 amide bonds. The van der Waals surface area contributed by atoms with Gasteiger partial charge in [-0.1, -0.05) is 25.1 Å². The average Bonchev–Trinajstić information content (AvgIpc) is 2.66. The third-order valence-electron chi connectivity index (χ3n) is 4.05. The van der Waals surface area contributed by atoms with Crippen LogP contribution in [0.1, 0.15) is 23.6 Å². The molecular formula is C21H27N3O2. The molecule has 0 aliphatic heterocycles. The molecule has 26 heavy (non-hydrogen) atoms. The van der Waals surface area contributed by atoms with Crippen LogP contribution in [0.25, 0.3) is 0 Å². The SMILES string of the molecule is C=CCc1cc(CN=C(N)Nc2ccc(CC)cc2)cc(OC)c1OC. The zero-order valence-corrected chi connectivity index (χ0v) is 15.7. The maximum Gasteiger partial charge on any atom is 0.193 e. The van der Waals surface area contributed by atoms with Crippen molar-refractivity contribution in [3.8, 4) is 11.5 Å². The number of aryl methyl sites for hydroxylation is 1. The third-order valence-corrected chi connectivity index (χ3v) is 4.05. The van der Waals surface area contributed by atoms with Gasteiger partial charge in [0.2, 0.25) is 0 Å². The molecule has 3 N–H and O–H groups in total. The number of nitrogens with two attached hydrogens (primary N) is 1. The normalized spacial score (nSPS) is 11.1. The predicted octanol–water partition coefficient (Wildman–Crippen LogP) is 3.92. The minimum Gasteiger partial charge on any atom is -0.493 e. The van der Waals surface area contributed by atoms with E-state index in [1.54, 1.807) is 14.2 Å². The Morgan fingerprint density at radius 3 is 2.46 bits per heavy atom. The third kappa shape index (κ3) is 5.02. The van der Waals surface area contributed by atoms with Crippen LogP contribution < -0.4 is 20.5 Å². The van der Waals surface area contributed by atoms with Crippen LogP contribution in [0.5, 0.6) is 11.5 Å². The summed E-state index contributed by atoms with van der Waals surface area (Å²) >= 11 is 0. The van der Waals surface area contributed by atoms with E-state index in [2.05, 4.69) is 35.9 Å². The van der Waals surface area contributed by atoms with E-state index >= 15 is 0 Å². The van der Waals surface area contributed by atoms with E-state index in [-0.39, 0.29) is 0 Å². The summed E-state index contributed by atoms with van der Waals surface area (Å²) in [5.41, 5.74) is 10.2. The molecule has 2 aromatic carbocycles. The molecule has 0 aliphatic rings. The number of rotatable bonds is 8. The highest BCUT2D eigenvalue weighted by Gasteiger charge is 2.11. The van der Waals surface area contributed by atoms with Crippen LogP contribution in [-0.2, 0) is 19.4 Å². The van der Waals surface area contributed by atoms with Crippen LogP contribution in [0.15, 0.2) is 54.0 Å². The van der Waals surface area contributed by atoms with Crippen molar-refractivity contribution in [2.24, 2.45) is 10.7 Å². The Balaban J connectivity index is 2.14. The molecule has 5 nitrogen and oxygen atoms in total. The summed E-state index contributed by atoms with van der Waals surface area (Å²) in [7, 11) is 3.26. The lowest BCUT2D eigenvalue weighted by atomic mass is 10.1. The number of hydrogen-bond donors (Lipinski definition) is 2. The summed E-state index contributed by atoms with van der Waals surface area (Å²) < 4.78 is 10.9. The highest BCUT2D eigenvalue weighted by Crippen LogP contribution is 2.33. The molecule has 0 unspecified atom stereocenters. The van der Waals surface area contributed by atoms with Crippen molar-refractivity contribution in [1.82, 2.24) is 0 Å². The summed E-state index contributed by atoms with van der Waals surface area (Å²) in [5, 5.41) is 3.11. The van der Waals surface area contributed by atoms with Crippen LogP contribution in [0, 0.1) is 0 Å². The van der Waals surface area contributed by atoms with Gasteiger partial charge in [0.25, 0.3) is 0 Å². The number of ether oxygens (including phenoxy) is 2. The fraction of sp³-hybridized carbons (Fsp3) is 0.286. The second-order valence-electron chi connectivity index (χ2n) is 5.86. The molecular weight excluding hydrogens is 326 g/mol. The van der Waals surface area contributed by atoms with Crippen molar-refractivity contribution < 1.29 is 9.47 Å². The number of benzene rings is 2. The Morgan fingerprint density at radius 1 is 1.15 bits per heavy atom. The van der Waals surface area contributed by atoms with Crippen LogP contribution in [0.2, 0.25) is 0 Å². The molecule has 2 rings (SSSR count). The largest absolute Gasteiger partial charge is 0.493 e. The monoisotopic (exact) mass is 353 g/mol. The number of nitrogens with one attached hydrogen (secondary N) is 1. The Hall–Kier alpha value is -2.95. The number of hydrogen-bond acceptors (Lipinski definition) is 3. The first-order valence-corrected chi connectivity index (χ1v) is 8.61. The standard InChI is InChI=1S/C21H27N3O2/c1-5-7-17-12-16(13-19(25-3)20(17)26-4)14-23-21(22)24-18-10-8-15(6-2)9-11-18/h5,8-13H,1,6-7,14H2,2-4H3,(H3,22,23,24). The number of methoxy groups -OCH3 is 2. The summed E-state index contributed by atoms with van der Waals surface area (Å²) in [5.74, 6) is 1.77. The first-order chi connectivity index (χ1) is 12.6. The van der Waals surface area contributed by atoms with Gasteiger partial charge in [0.15, 0.2) is 17.5 Å². The van der Waals surface area contributed by atoms with Crippen molar-refractivity contribution in [3.05, 3.63) is 65.7 Å². The maximum atomic E-state index is 6.01. The molecule has 5 heteroatoms. The van der Waals surface area contributed by atoms with Gasteiger partial charge in [-0.2, -0.15) is 0 Å². The predicted molar refractivity (Wildman–Crippen MR) is 108 cm³/mol. The summed E-state index contributed by atoms with van der Waals surface area (Å²) in [6, 6.07) is 12.1. The van der Waals surface area contributed by atoms with Crippen molar-refractivity contribution in [1.29, 1.82) is 0 Å². The molecule has 138 valence electrons. The Morgan fingerprint density at radius 2 is 1.88 bits per heavy atom. The van der Waals surface area contributed by atoms with E-state index in [1.807, 2.05) is 30.3 Å². The molecule has 0 radical (unpaired) electrons. The van der Waals surface area contributed by atoms with Gasteiger partial charge in [0.05, 0.1) is 20.8 Å². The number of allylic oxidation sites excluding steroid dienone is 1. The first-order valence-electron chi connectivity index (χ1n) is 8.61. The Bertz CT molecular complexity index is 768. The van der Waals surface area contributed by atoms with Gasteiger partial charge in [-0.05, 0) is 48.2 Å². The summed E-state index contributed by atoms with van der Waals surface area (Å²) in [4.78, 5) is 4.43. The van der Waals surface area contributed by atoms with Gasteiger partial charge in [0.1, 0.15) is 0 Å². The van der Waals surface area contributed by atoms with E-state index in [0.29, 0.717) is 24.7 Å². The van der Waals surface area contributed by atoms with Gasteiger partial charge in [-0.3, -0.25) is 0 Å². The van der Waals surface area contributed by atoms with Gasteiger partial charge in [-0.25, -0.2) is 4.99 Å². The lowest BCUT2D eigenvalue weighted by molar-refractivity contribution is 0.352. The smallest absolute Gasteiger partial charge is 0.193 e. The molecule has 0 saturated carbocycles. The van der Waals surface area contributed by atoms with Crippen LogP contribution in [-0.4, -0.2) is 20.2 Å². The van der Waals surface area contributed by atoms with Gasteiger partial charge in [-0.15, -0.1) is 6.58 Å². The Labute approximate surface area is 155 Å². The highest BCUT2D eigenvalue weighted by atomic mass is 16.5. The fourth-order valence-electron chi connectivity index (χ4n) is 2.69. The van der Waals surface area contributed by atoms with Crippen molar-refractivity contribution in [2.45, 2.75) is 26.3 Å². The number of anilines is 1. The topological polar surface area (TPSA) is 68.9 Å². The summed E-state index contributed by atoms with van der Waals surface area (Å²) in [6.07, 6.45) is 3.53. The van der Waals surface area contributed by atoms with Gasteiger partial charge >= 0.3 is 0 Å². The second-order valence-corrected chi connectivity index (χ2v) is 5.86. The Kier molecular flexibility index (Phi) is 7.09. The number of guanidine groups is 1. The van der Waals surface area contributed by atoms with Crippen molar-refractivity contribution in [3.63, 3.8) is 0 Å². The maximum absolute atomic E-state index is 6.01. The van der Waals surface area contributed by atoms with Crippen molar-refractivity contribution >= 4 is 11.6 Å². The lowest BCUT2D eigenvalue weighted by Gasteiger charge is -2.14. The first kappa shape index (κ1) is 19.4. The van der Waals surface area contributed by atoms with E-state index in [4.69, 9.17) is 15.2 Å². The number of nitrogens with zero attached hydrogens (tertiary/aromatic N) is 1. The minimum absolute atomic E-state index is 0.370. The highest BCUT2D eigenvalue weighted by molar-refractivity contribution is 5.92. The minimum atomic E-state index is 0.370. The van der Waals surface area contributed by atoms with E-state index < -0.39 is 0 Å². The fourth-order valence-corrected chi connectivity index (χ4v) is 2.69. The van der Waals surface area contributed by atoms with E-state index in [0.717, 1.165) is 29.0 Å². The number of aliphatic imine (C=N–C) groups is 1. The zero-order valence-electron chi connectivity index (χ0n) is 15.7. The second kappa shape index (κ2) is 9.51. The van der Waals surface area contributed by atoms with E-state index in [1.165, 1.54) is 5.56 Å². The molecule has 0 aromatic heterocycles. The summed E-state index contributed by atoms with van der Waals surface area (Å²) in [6.45, 7) is 6.36. The molecule has 0 atom stereocenters. The van der Waals surface area contributed by atoms with Crippen LogP contribution in [0.3, 0.4) is 0 Å². The van der Waals surface area contributed by atoms with Crippen molar-refractivity contribution in [2.75, 3.05) is 19.5 Å². The molecule has 0 spiro atoms. The molecule has 0 fully saturated rings. The average molecular weight is 353 g/mol. The lowest BCUT2D eigenvalue weighted by Crippen LogP contribution is -2.22. The van der Waals surface area contributed by atoms with Gasteiger partial charge < -0.3 is 20.5 Å². The van der Waals surface area contributed by atoms with Gasteiger partial charge in [0, 0.05) is 11.3 Å². The zero-order chi connectivity index (χ0) is 18.9. The van der Waals surface area contributed by atoms with E-state index in [9.17, 15) is 0 Å². The molecule has 2 aromatic rings. The molecule has 0 aliphatic carbocycles. The quantitative estimate of drug-likeness (QED) is 0.429. The molecule has 0 heterocycles.